The molecule has 0 heterocycles. The lowest BCUT2D eigenvalue weighted by molar-refractivity contribution is 0.104. The van der Waals surface area contributed by atoms with Crippen molar-refractivity contribution < 1.29 is 19.0 Å². The highest BCUT2D eigenvalue weighted by Crippen LogP contribution is 2.41. The van der Waals surface area contributed by atoms with Gasteiger partial charge < -0.3 is 14.2 Å². The molecule has 0 saturated heterocycles. The molecular formula is C24H22O4. The highest BCUT2D eigenvalue weighted by molar-refractivity contribution is 6.07. The quantitative estimate of drug-likeness (QED) is 0.417. The number of rotatable bonds is 7. The number of ketones is 1. The number of benzene rings is 3. The van der Waals surface area contributed by atoms with Gasteiger partial charge in [0, 0.05) is 5.56 Å². The van der Waals surface area contributed by atoms with E-state index in [2.05, 4.69) is 0 Å². The molecule has 0 atom stereocenters. The first-order valence-electron chi connectivity index (χ1n) is 8.84. The van der Waals surface area contributed by atoms with Crippen LogP contribution >= 0.6 is 0 Å². The second kappa shape index (κ2) is 8.91. The molecule has 3 rings (SSSR count). The summed E-state index contributed by atoms with van der Waals surface area (Å²) < 4.78 is 16.3. The minimum absolute atomic E-state index is 0.0414. The van der Waals surface area contributed by atoms with Crippen LogP contribution in [0.2, 0.25) is 0 Å². The van der Waals surface area contributed by atoms with Crippen LogP contribution in [0.5, 0.6) is 17.2 Å². The van der Waals surface area contributed by atoms with Gasteiger partial charge in [-0.2, -0.15) is 0 Å². The van der Waals surface area contributed by atoms with Crippen LogP contribution in [0.4, 0.5) is 0 Å². The molecule has 142 valence electrons. The first-order valence-corrected chi connectivity index (χ1v) is 8.84. The fourth-order valence-corrected chi connectivity index (χ4v) is 3.01. The fourth-order valence-electron chi connectivity index (χ4n) is 3.01. The van der Waals surface area contributed by atoms with Crippen LogP contribution in [0.3, 0.4) is 0 Å². The van der Waals surface area contributed by atoms with E-state index < -0.39 is 0 Å². The molecule has 0 N–H and O–H groups in total. The van der Waals surface area contributed by atoms with Crippen molar-refractivity contribution in [3.63, 3.8) is 0 Å². The van der Waals surface area contributed by atoms with Crippen LogP contribution in [-0.4, -0.2) is 27.1 Å². The maximum absolute atomic E-state index is 12.4. The van der Waals surface area contributed by atoms with E-state index >= 15 is 0 Å². The number of allylic oxidation sites excluding steroid dienone is 1. The van der Waals surface area contributed by atoms with Crippen molar-refractivity contribution in [2.45, 2.75) is 0 Å². The van der Waals surface area contributed by atoms with E-state index in [4.69, 9.17) is 14.2 Å². The summed E-state index contributed by atoms with van der Waals surface area (Å²) >= 11 is 0. The Kier molecular flexibility index (Phi) is 6.12. The molecule has 0 aliphatic heterocycles. The largest absolute Gasteiger partial charge is 0.493 e. The van der Waals surface area contributed by atoms with Gasteiger partial charge in [-0.05, 0) is 34.9 Å². The van der Waals surface area contributed by atoms with Crippen molar-refractivity contribution in [2.75, 3.05) is 21.3 Å². The topological polar surface area (TPSA) is 44.8 Å². The molecule has 4 nitrogen and oxygen atoms in total. The fraction of sp³-hybridized carbons (Fsp3) is 0.125. The summed E-state index contributed by atoms with van der Waals surface area (Å²) in [4.78, 5) is 12.4. The number of carbonyl (C=O) groups excluding carboxylic acids is 1. The van der Waals surface area contributed by atoms with Gasteiger partial charge in [0.05, 0.1) is 21.3 Å². The van der Waals surface area contributed by atoms with Gasteiger partial charge in [0.25, 0.3) is 0 Å². The molecule has 0 aliphatic carbocycles. The van der Waals surface area contributed by atoms with Gasteiger partial charge in [-0.15, -0.1) is 0 Å². The summed E-state index contributed by atoms with van der Waals surface area (Å²) in [5.74, 6) is 1.66. The van der Waals surface area contributed by atoms with Gasteiger partial charge in [0.1, 0.15) is 0 Å². The van der Waals surface area contributed by atoms with Crippen LogP contribution in [0, 0.1) is 0 Å². The van der Waals surface area contributed by atoms with E-state index in [1.54, 1.807) is 39.5 Å². The Balaban J connectivity index is 2.01. The third-order valence-electron chi connectivity index (χ3n) is 4.41. The second-order valence-electron chi connectivity index (χ2n) is 6.06. The summed E-state index contributed by atoms with van der Waals surface area (Å²) in [5.41, 5.74) is 3.44. The van der Waals surface area contributed by atoms with Crippen molar-refractivity contribution in [2.24, 2.45) is 0 Å². The monoisotopic (exact) mass is 374 g/mol. The molecule has 4 heteroatoms. The van der Waals surface area contributed by atoms with Crippen molar-refractivity contribution in [3.05, 3.63) is 83.9 Å². The second-order valence-corrected chi connectivity index (χ2v) is 6.06. The Labute approximate surface area is 165 Å². The maximum atomic E-state index is 12.4. The third kappa shape index (κ3) is 4.07. The van der Waals surface area contributed by atoms with E-state index in [-0.39, 0.29) is 5.78 Å². The smallest absolute Gasteiger partial charge is 0.203 e. The van der Waals surface area contributed by atoms with Gasteiger partial charge in [-0.3, -0.25) is 4.79 Å². The van der Waals surface area contributed by atoms with E-state index in [9.17, 15) is 4.79 Å². The van der Waals surface area contributed by atoms with Crippen LogP contribution in [-0.2, 0) is 0 Å². The Morgan fingerprint density at radius 2 is 1.39 bits per heavy atom. The minimum atomic E-state index is -0.0414. The SMILES string of the molecule is COc1cc(-c2ccccc2/C=C/C(=O)c2ccccc2)cc(OC)c1OC. The van der Waals surface area contributed by atoms with Crippen LogP contribution < -0.4 is 14.2 Å². The summed E-state index contributed by atoms with van der Waals surface area (Å²) in [6.45, 7) is 0. The third-order valence-corrected chi connectivity index (χ3v) is 4.41. The summed E-state index contributed by atoms with van der Waals surface area (Å²) in [7, 11) is 4.75. The van der Waals surface area contributed by atoms with E-state index in [0.717, 1.165) is 16.7 Å². The number of methoxy groups -OCH3 is 3. The Morgan fingerprint density at radius 1 is 0.786 bits per heavy atom. The van der Waals surface area contributed by atoms with Gasteiger partial charge in [0.2, 0.25) is 5.75 Å². The molecule has 0 radical (unpaired) electrons. The Bertz CT molecular complexity index is 965. The maximum Gasteiger partial charge on any atom is 0.203 e. The highest BCUT2D eigenvalue weighted by atomic mass is 16.5. The molecule has 0 unspecified atom stereocenters. The lowest BCUT2D eigenvalue weighted by atomic mass is 9.98. The molecule has 0 saturated carbocycles. The number of hydrogen-bond donors (Lipinski definition) is 0. The Hall–Kier alpha value is -3.53. The van der Waals surface area contributed by atoms with E-state index in [0.29, 0.717) is 22.8 Å². The molecule has 3 aromatic rings. The van der Waals surface area contributed by atoms with Gasteiger partial charge >= 0.3 is 0 Å². The molecular weight excluding hydrogens is 352 g/mol. The van der Waals surface area contributed by atoms with Crippen LogP contribution in [0.1, 0.15) is 15.9 Å². The van der Waals surface area contributed by atoms with Crippen molar-refractivity contribution in [3.8, 4) is 28.4 Å². The van der Waals surface area contributed by atoms with Crippen molar-refractivity contribution >= 4 is 11.9 Å². The van der Waals surface area contributed by atoms with Crippen LogP contribution in [0.25, 0.3) is 17.2 Å². The van der Waals surface area contributed by atoms with Gasteiger partial charge in [-0.1, -0.05) is 60.7 Å². The normalized spacial score (nSPS) is 10.7. The van der Waals surface area contributed by atoms with Gasteiger partial charge in [-0.25, -0.2) is 0 Å². The highest BCUT2D eigenvalue weighted by Gasteiger charge is 2.15. The molecule has 0 bridgehead atoms. The predicted molar refractivity (Wildman–Crippen MR) is 111 cm³/mol. The predicted octanol–water partition coefficient (Wildman–Crippen LogP) is 5.28. The lowest BCUT2D eigenvalue weighted by Gasteiger charge is -2.15. The summed E-state index contributed by atoms with van der Waals surface area (Å²) in [6.07, 6.45) is 3.42. The number of carbonyl (C=O) groups is 1. The van der Waals surface area contributed by atoms with E-state index in [1.165, 1.54) is 0 Å². The Morgan fingerprint density at radius 3 is 2.00 bits per heavy atom. The average molecular weight is 374 g/mol. The lowest BCUT2D eigenvalue weighted by Crippen LogP contribution is -1.96. The first kappa shape index (κ1) is 19.2. The molecule has 0 spiro atoms. The zero-order valence-electron chi connectivity index (χ0n) is 16.1. The molecule has 0 amide bonds. The molecule has 0 aromatic heterocycles. The van der Waals surface area contributed by atoms with E-state index in [1.807, 2.05) is 60.7 Å². The van der Waals surface area contributed by atoms with Crippen LogP contribution in [0.15, 0.2) is 72.8 Å². The summed E-state index contributed by atoms with van der Waals surface area (Å²) in [6, 6.07) is 20.8. The summed E-state index contributed by atoms with van der Waals surface area (Å²) in [5, 5.41) is 0. The first-order chi connectivity index (χ1) is 13.7. The van der Waals surface area contributed by atoms with Crippen molar-refractivity contribution in [1.29, 1.82) is 0 Å². The standard InChI is InChI=1S/C24H22O4/c1-26-22-15-19(16-23(27-2)24(22)28-3)20-12-8-7-9-17(20)13-14-21(25)18-10-5-4-6-11-18/h4-16H,1-3H3/b14-13+. The zero-order valence-corrected chi connectivity index (χ0v) is 16.1. The number of ether oxygens (including phenoxy) is 3. The van der Waals surface area contributed by atoms with Crippen molar-refractivity contribution in [1.82, 2.24) is 0 Å². The molecule has 0 fully saturated rings. The molecule has 0 aliphatic rings. The minimum Gasteiger partial charge on any atom is -0.493 e. The molecule has 3 aromatic carbocycles. The zero-order chi connectivity index (χ0) is 19.9. The van der Waals surface area contributed by atoms with Gasteiger partial charge in [0.15, 0.2) is 17.3 Å². The average Bonchev–Trinajstić information content (AvgIpc) is 2.77. The molecule has 28 heavy (non-hydrogen) atoms. The number of hydrogen-bond acceptors (Lipinski definition) is 4.